The fraction of sp³-hybridized carbons (Fsp3) is 0.182. The Labute approximate surface area is 85.9 Å². The Kier molecular flexibility index (Phi) is 3.81. The predicted octanol–water partition coefficient (Wildman–Crippen LogP) is 2.14. The van der Waals surface area contributed by atoms with E-state index < -0.39 is 23.2 Å². The van der Waals surface area contributed by atoms with Crippen molar-refractivity contribution in [1.82, 2.24) is 0 Å². The summed E-state index contributed by atoms with van der Waals surface area (Å²) in [4.78, 5) is 11.2. The van der Waals surface area contributed by atoms with Crippen LogP contribution in [0.5, 0.6) is 0 Å². The van der Waals surface area contributed by atoms with E-state index >= 15 is 0 Å². The number of carbonyl (C=O) groups is 1. The maximum absolute atomic E-state index is 13.0. The third-order valence-corrected chi connectivity index (χ3v) is 1.62. The van der Waals surface area contributed by atoms with Gasteiger partial charge in [0.05, 0.1) is 0 Å². The average molecular weight is 210 g/mol. The van der Waals surface area contributed by atoms with Crippen LogP contribution in [0.3, 0.4) is 0 Å². The van der Waals surface area contributed by atoms with Crippen LogP contribution >= 0.6 is 0 Å². The van der Waals surface area contributed by atoms with Gasteiger partial charge in [0.2, 0.25) is 0 Å². The molecule has 0 N–H and O–H groups in total. The lowest BCUT2D eigenvalue weighted by Crippen LogP contribution is -2.10. The second-order valence-electron chi connectivity index (χ2n) is 2.60. The van der Waals surface area contributed by atoms with Crippen LogP contribution in [0.4, 0.5) is 8.78 Å². The minimum atomic E-state index is -1.05. The van der Waals surface area contributed by atoms with E-state index in [2.05, 4.69) is 16.6 Å². The topological polar surface area (TPSA) is 26.3 Å². The van der Waals surface area contributed by atoms with Crippen LogP contribution in [0.25, 0.3) is 0 Å². The lowest BCUT2D eigenvalue weighted by Gasteiger charge is -2.03. The molecule has 0 aliphatic carbocycles. The van der Waals surface area contributed by atoms with Crippen molar-refractivity contribution < 1.29 is 18.3 Å². The first-order valence-electron chi connectivity index (χ1n) is 4.17. The van der Waals surface area contributed by atoms with Crippen molar-refractivity contribution in [2.45, 2.75) is 6.92 Å². The number of hydrogen-bond acceptors (Lipinski definition) is 2. The molecule has 0 aliphatic heterocycles. The van der Waals surface area contributed by atoms with E-state index in [1.165, 1.54) is 6.07 Å². The van der Waals surface area contributed by atoms with Gasteiger partial charge in [-0.3, -0.25) is 0 Å². The van der Waals surface area contributed by atoms with Gasteiger partial charge in [-0.15, -0.1) is 5.92 Å². The Morgan fingerprint density at radius 3 is 2.53 bits per heavy atom. The molecule has 0 bridgehead atoms. The molecule has 4 heteroatoms. The number of halogens is 2. The Hall–Kier alpha value is -1.89. The highest BCUT2D eigenvalue weighted by molar-refractivity contribution is 5.90. The van der Waals surface area contributed by atoms with Crippen molar-refractivity contribution in [3.05, 3.63) is 35.4 Å². The second-order valence-corrected chi connectivity index (χ2v) is 2.60. The number of hydrogen-bond donors (Lipinski definition) is 0. The molecule has 15 heavy (non-hydrogen) atoms. The van der Waals surface area contributed by atoms with Crippen molar-refractivity contribution >= 4 is 5.97 Å². The van der Waals surface area contributed by atoms with Gasteiger partial charge in [-0.05, 0) is 19.1 Å². The molecule has 0 radical (unpaired) electrons. The van der Waals surface area contributed by atoms with E-state index in [1.807, 2.05) is 0 Å². The second kappa shape index (κ2) is 5.11. The van der Waals surface area contributed by atoms with E-state index in [-0.39, 0.29) is 6.61 Å². The van der Waals surface area contributed by atoms with Gasteiger partial charge >= 0.3 is 5.97 Å². The zero-order valence-corrected chi connectivity index (χ0v) is 8.01. The molecule has 1 aromatic carbocycles. The predicted molar refractivity (Wildman–Crippen MR) is 50.1 cm³/mol. The Balaban J connectivity index is 2.85. The van der Waals surface area contributed by atoms with Gasteiger partial charge in [0.25, 0.3) is 0 Å². The van der Waals surface area contributed by atoms with E-state index in [0.29, 0.717) is 0 Å². The van der Waals surface area contributed by atoms with E-state index in [1.54, 1.807) is 6.92 Å². The van der Waals surface area contributed by atoms with Crippen LogP contribution in [0.15, 0.2) is 18.2 Å². The summed E-state index contributed by atoms with van der Waals surface area (Å²) in [5, 5.41) is 0. The maximum atomic E-state index is 13.0. The number of ether oxygens (including phenoxy) is 1. The molecule has 0 aliphatic rings. The normalized spacial score (nSPS) is 9.00. The summed E-state index contributed by atoms with van der Waals surface area (Å²) in [5.74, 6) is 2.01. The zero-order chi connectivity index (χ0) is 11.3. The number of rotatable bonds is 2. The molecule has 0 heterocycles. The van der Waals surface area contributed by atoms with Crippen LogP contribution in [0.1, 0.15) is 17.3 Å². The van der Waals surface area contributed by atoms with E-state index in [4.69, 9.17) is 0 Å². The van der Waals surface area contributed by atoms with Gasteiger partial charge in [-0.25, -0.2) is 13.6 Å². The highest BCUT2D eigenvalue weighted by Crippen LogP contribution is 2.12. The Morgan fingerprint density at radius 2 is 2.00 bits per heavy atom. The summed E-state index contributed by atoms with van der Waals surface area (Å²) in [7, 11) is 0. The molecule has 0 saturated heterocycles. The Bertz CT molecular complexity index is 410. The van der Waals surface area contributed by atoms with Gasteiger partial charge < -0.3 is 4.74 Å². The van der Waals surface area contributed by atoms with Crippen LogP contribution in [-0.4, -0.2) is 12.6 Å². The molecular formula is C11H8F2O2. The lowest BCUT2D eigenvalue weighted by atomic mass is 10.2. The summed E-state index contributed by atoms with van der Waals surface area (Å²) in [6.07, 6.45) is 0. The van der Waals surface area contributed by atoms with Gasteiger partial charge in [-0.1, -0.05) is 12.0 Å². The van der Waals surface area contributed by atoms with Crippen LogP contribution in [-0.2, 0) is 4.74 Å². The Morgan fingerprint density at radius 1 is 1.40 bits per heavy atom. The quantitative estimate of drug-likeness (QED) is 0.552. The maximum Gasteiger partial charge on any atom is 0.345 e. The van der Waals surface area contributed by atoms with Gasteiger partial charge in [-0.2, -0.15) is 0 Å². The molecule has 1 rings (SSSR count). The minimum Gasteiger partial charge on any atom is -0.449 e. The van der Waals surface area contributed by atoms with Crippen LogP contribution in [0.2, 0.25) is 0 Å². The van der Waals surface area contributed by atoms with Crippen molar-refractivity contribution in [2.24, 2.45) is 0 Å². The SMILES string of the molecule is CC#CCOC(=O)c1c(F)cccc1F. The average Bonchev–Trinajstić information content (AvgIpc) is 2.18. The van der Waals surface area contributed by atoms with Crippen LogP contribution < -0.4 is 0 Å². The van der Waals surface area contributed by atoms with Crippen molar-refractivity contribution in [2.75, 3.05) is 6.61 Å². The molecule has 0 aromatic heterocycles. The zero-order valence-electron chi connectivity index (χ0n) is 8.01. The summed E-state index contributed by atoms with van der Waals surface area (Å²) in [5.41, 5.74) is -0.685. The van der Waals surface area contributed by atoms with E-state index in [0.717, 1.165) is 12.1 Å². The molecule has 0 atom stereocenters. The first kappa shape index (κ1) is 11.2. The fourth-order valence-electron chi connectivity index (χ4n) is 0.939. The number of carbonyl (C=O) groups excluding carboxylic acids is 1. The molecule has 2 nitrogen and oxygen atoms in total. The highest BCUT2D eigenvalue weighted by Gasteiger charge is 2.17. The molecule has 0 unspecified atom stereocenters. The summed E-state index contributed by atoms with van der Waals surface area (Å²) in [6, 6.07) is 3.16. The third-order valence-electron chi connectivity index (χ3n) is 1.62. The number of benzene rings is 1. The summed E-state index contributed by atoms with van der Waals surface area (Å²) < 4.78 is 30.6. The van der Waals surface area contributed by atoms with Crippen molar-refractivity contribution in [3.8, 4) is 11.8 Å². The fourth-order valence-corrected chi connectivity index (χ4v) is 0.939. The molecule has 0 amide bonds. The summed E-state index contributed by atoms with van der Waals surface area (Å²) >= 11 is 0. The van der Waals surface area contributed by atoms with Gasteiger partial charge in [0, 0.05) is 0 Å². The third kappa shape index (κ3) is 2.78. The number of esters is 1. The van der Waals surface area contributed by atoms with Crippen molar-refractivity contribution in [1.29, 1.82) is 0 Å². The smallest absolute Gasteiger partial charge is 0.345 e. The lowest BCUT2D eigenvalue weighted by molar-refractivity contribution is 0.0545. The van der Waals surface area contributed by atoms with Crippen LogP contribution in [0, 0.1) is 23.5 Å². The van der Waals surface area contributed by atoms with Gasteiger partial charge in [0.15, 0.2) is 6.61 Å². The van der Waals surface area contributed by atoms with Gasteiger partial charge in [0.1, 0.15) is 17.2 Å². The highest BCUT2D eigenvalue weighted by atomic mass is 19.1. The van der Waals surface area contributed by atoms with Crippen molar-refractivity contribution in [3.63, 3.8) is 0 Å². The first-order chi connectivity index (χ1) is 7.16. The largest absolute Gasteiger partial charge is 0.449 e. The molecule has 78 valence electrons. The molecule has 1 aromatic rings. The monoisotopic (exact) mass is 210 g/mol. The molecular weight excluding hydrogens is 202 g/mol. The molecule has 0 spiro atoms. The van der Waals surface area contributed by atoms with E-state index in [9.17, 15) is 13.6 Å². The summed E-state index contributed by atoms with van der Waals surface area (Å²) in [6.45, 7) is 1.39. The first-order valence-corrected chi connectivity index (χ1v) is 4.17. The molecule has 0 fully saturated rings. The minimum absolute atomic E-state index is 0.177. The molecule has 0 saturated carbocycles. The standard InChI is InChI=1S/C11H8F2O2/c1-2-3-7-15-11(14)10-8(12)5-4-6-9(10)13/h4-6H,7H2,1H3.